The summed E-state index contributed by atoms with van der Waals surface area (Å²) in [7, 11) is 0. The predicted octanol–water partition coefficient (Wildman–Crippen LogP) is 3.46. The van der Waals surface area contributed by atoms with Gasteiger partial charge in [-0.05, 0) is 26.2 Å². The second-order valence-electron chi connectivity index (χ2n) is 3.57. The molecule has 0 aromatic heterocycles. The van der Waals surface area contributed by atoms with Crippen LogP contribution in [0.4, 0.5) is 0 Å². The third-order valence-electron chi connectivity index (χ3n) is 1.97. The van der Waals surface area contributed by atoms with Crippen LogP contribution in [0.5, 0.6) is 0 Å². The average molecular weight is 167 g/mol. The molecule has 0 saturated carbocycles. The first-order chi connectivity index (χ1) is 5.57. The van der Waals surface area contributed by atoms with E-state index >= 15 is 0 Å². The lowest BCUT2D eigenvalue weighted by molar-refractivity contribution is 0.867. The summed E-state index contributed by atoms with van der Waals surface area (Å²) in [6.07, 6.45) is 3.35. The molecule has 0 fully saturated rings. The zero-order valence-corrected chi connectivity index (χ0v) is 9.02. The van der Waals surface area contributed by atoms with Gasteiger partial charge in [-0.2, -0.15) is 0 Å². The summed E-state index contributed by atoms with van der Waals surface area (Å²) < 4.78 is 0. The third kappa shape index (κ3) is 5.11. The molecular formula is C11H21N. The van der Waals surface area contributed by atoms with E-state index in [1.54, 1.807) is 0 Å². The van der Waals surface area contributed by atoms with Crippen molar-refractivity contribution in [3.8, 4) is 0 Å². The molecule has 0 rings (SSSR count). The zero-order valence-electron chi connectivity index (χ0n) is 9.02. The summed E-state index contributed by atoms with van der Waals surface area (Å²) >= 11 is 0. The molecule has 1 nitrogen and oxygen atoms in total. The second-order valence-corrected chi connectivity index (χ2v) is 3.57. The van der Waals surface area contributed by atoms with E-state index in [0.29, 0.717) is 5.92 Å². The molecule has 0 unspecified atom stereocenters. The van der Waals surface area contributed by atoms with Gasteiger partial charge in [-0.3, -0.25) is 4.99 Å². The van der Waals surface area contributed by atoms with Gasteiger partial charge in [-0.1, -0.05) is 32.4 Å². The van der Waals surface area contributed by atoms with Crippen molar-refractivity contribution in [2.24, 2.45) is 10.9 Å². The maximum Gasteiger partial charge on any atom is 0.0596 e. The first-order valence-corrected chi connectivity index (χ1v) is 4.74. The number of hydrogen-bond donors (Lipinski definition) is 0. The van der Waals surface area contributed by atoms with Gasteiger partial charge in [0.25, 0.3) is 0 Å². The van der Waals surface area contributed by atoms with Crippen LogP contribution in [0.3, 0.4) is 0 Å². The Balaban J connectivity index is 3.95. The van der Waals surface area contributed by atoms with Gasteiger partial charge in [0.15, 0.2) is 0 Å². The fraction of sp³-hybridized carbons (Fsp3) is 0.727. The molecule has 0 atom stereocenters. The molecule has 0 amide bonds. The average Bonchev–Trinajstić information content (AvgIpc) is 2.00. The Hall–Kier alpha value is -0.590. The molecule has 0 aliphatic rings. The van der Waals surface area contributed by atoms with Crippen molar-refractivity contribution in [2.45, 2.75) is 41.0 Å². The van der Waals surface area contributed by atoms with Crippen molar-refractivity contribution >= 4 is 5.71 Å². The van der Waals surface area contributed by atoms with Gasteiger partial charge >= 0.3 is 0 Å². The van der Waals surface area contributed by atoms with Gasteiger partial charge in [0, 0.05) is 5.71 Å². The molecule has 70 valence electrons. The van der Waals surface area contributed by atoms with Crippen molar-refractivity contribution in [3.05, 3.63) is 11.6 Å². The molecule has 1 heteroatoms. The van der Waals surface area contributed by atoms with Gasteiger partial charge in [0.1, 0.15) is 0 Å². The maximum absolute atomic E-state index is 4.49. The summed E-state index contributed by atoms with van der Waals surface area (Å²) in [5.74, 6) is 0.583. The molecule has 0 aromatic rings. The first-order valence-electron chi connectivity index (χ1n) is 4.74. The second kappa shape index (κ2) is 5.99. The van der Waals surface area contributed by atoms with Gasteiger partial charge in [-0.25, -0.2) is 0 Å². The predicted molar refractivity (Wildman–Crippen MR) is 56.9 cm³/mol. The van der Waals surface area contributed by atoms with Crippen LogP contribution in [-0.4, -0.2) is 12.3 Å². The molecular weight excluding hydrogens is 146 g/mol. The van der Waals surface area contributed by atoms with E-state index in [1.807, 2.05) is 0 Å². The molecule has 0 radical (unpaired) electrons. The molecule has 0 aliphatic heterocycles. The Kier molecular flexibility index (Phi) is 5.69. The smallest absolute Gasteiger partial charge is 0.0596 e. The Morgan fingerprint density at radius 3 is 2.33 bits per heavy atom. The minimum absolute atomic E-state index is 0.583. The van der Waals surface area contributed by atoms with Crippen molar-refractivity contribution < 1.29 is 0 Å². The van der Waals surface area contributed by atoms with Crippen LogP contribution in [0.1, 0.15) is 41.0 Å². The number of allylic oxidation sites excluding steroid dienone is 1. The minimum atomic E-state index is 0.583. The topological polar surface area (TPSA) is 12.4 Å². The monoisotopic (exact) mass is 167 g/mol. The van der Waals surface area contributed by atoms with Crippen molar-refractivity contribution in [1.29, 1.82) is 0 Å². The normalized spacial score (nSPS) is 14.2. The van der Waals surface area contributed by atoms with E-state index < -0.39 is 0 Å². The number of hydrogen-bond acceptors (Lipinski definition) is 1. The number of nitrogens with zero attached hydrogens (tertiary/aromatic N) is 1. The van der Waals surface area contributed by atoms with Crippen LogP contribution in [0, 0.1) is 5.92 Å². The fourth-order valence-corrected chi connectivity index (χ4v) is 0.845. The van der Waals surface area contributed by atoms with Gasteiger partial charge in [0.05, 0.1) is 6.54 Å². The number of rotatable bonds is 4. The molecule has 0 bridgehead atoms. The van der Waals surface area contributed by atoms with E-state index in [1.165, 1.54) is 11.3 Å². The molecule has 0 N–H and O–H groups in total. The molecule has 12 heavy (non-hydrogen) atoms. The molecule has 0 saturated heterocycles. The lowest BCUT2D eigenvalue weighted by Gasteiger charge is -2.03. The largest absolute Gasteiger partial charge is 0.290 e. The Bertz CT molecular complexity index is 175. The molecule has 0 aromatic carbocycles. The van der Waals surface area contributed by atoms with Gasteiger partial charge in [0.2, 0.25) is 0 Å². The lowest BCUT2D eigenvalue weighted by atomic mass is 10.1. The molecule has 0 spiro atoms. The SMILES string of the molecule is CC/C=C(\C)CN=C(C)C(C)C. The van der Waals surface area contributed by atoms with Gasteiger partial charge in [-0.15, -0.1) is 0 Å². The Morgan fingerprint density at radius 1 is 1.33 bits per heavy atom. The van der Waals surface area contributed by atoms with Gasteiger partial charge < -0.3 is 0 Å². The van der Waals surface area contributed by atoms with Crippen molar-refractivity contribution in [2.75, 3.05) is 6.54 Å². The highest BCUT2D eigenvalue weighted by Crippen LogP contribution is 2.00. The van der Waals surface area contributed by atoms with E-state index in [0.717, 1.165) is 13.0 Å². The van der Waals surface area contributed by atoms with Crippen molar-refractivity contribution in [3.63, 3.8) is 0 Å². The Labute approximate surface area is 76.6 Å². The highest BCUT2D eigenvalue weighted by Gasteiger charge is 1.96. The fourth-order valence-electron chi connectivity index (χ4n) is 0.845. The van der Waals surface area contributed by atoms with E-state index in [2.05, 4.69) is 45.7 Å². The minimum Gasteiger partial charge on any atom is -0.290 e. The quantitative estimate of drug-likeness (QED) is 0.449. The van der Waals surface area contributed by atoms with E-state index in [9.17, 15) is 0 Å². The number of aliphatic imine (C=N–C) groups is 1. The summed E-state index contributed by atoms with van der Waals surface area (Å²) in [5, 5.41) is 0. The zero-order chi connectivity index (χ0) is 9.56. The van der Waals surface area contributed by atoms with E-state index in [4.69, 9.17) is 0 Å². The third-order valence-corrected chi connectivity index (χ3v) is 1.97. The maximum atomic E-state index is 4.49. The van der Waals surface area contributed by atoms with Crippen LogP contribution in [0.25, 0.3) is 0 Å². The highest BCUT2D eigenvalue weighted by molar-refractivity contribution is 5.83. The lowest BCUT2D eigenvalue weighted by Crippen LogP contribution is -2.02. The van der Waals surface area contributed by atoms with Crippen LogP contribution in [-0.2, 0) is 0 Å². The summed E-state index contributed by atoms with van der Waals surface area (Å²) in [5.41, 5.74) is 2.62. The van der Waals surface area contributed by atoms with Crippen LogP contribution >= 0.6 is 0 Å². The first kappa shape index (κ1) is 11.4. The summed E-state index contributed by atoms with van der Waals surface area (Å²) in [6, 6.07) is 0. The van der Waals surface area contributed by atoms with Crippen molar-refractivity contribution in [1.82, 2.24) is 0 Å². The van der Waals surface area contributed by atoms with Crippen LogP contribution in [0.15, 0.2) is 16.6 Å². The standard InChI is InChI=1S/C11H21N/c1-6-7-10(4)8-12-11(5)9(2)3/h7,9H,6,8H2,1-5H3/b10-7+,12-11?. The van der Waals surface area contributed by atoms with Crippen LogP contribution in [0.2, 0.25) is 0 Å². The summed E-state index contributed by atoms with van der Waals surface area (Å²) in [4.78, 5) is 4.49. The summed E-state index contributed by atoms with van der Waals surface area (Å²) in [6.45, 7) is 11.6. The molecule has 0 aliphatic carbocycles. The Morgan fingerprint density at radius 2 is 1.92 bits per heavy atom. The van der Waals surface area contributed by atoms with E-state index in [-0.39, 0.29) is 0 Å². The van der Waals surface area contributed by atoms with Crippen LogP contribution < -0.4 is 0 Å². The molecule has 0 heterocycles. The highest BCUT2D eigenvalue weighted by atomic mass is 14.7.